The number of aromatic nitrogens is 5. The van der Waals surface area contributed by atoms with Crippen LogP contribution in [0.25, 0.3) is 16.7 Å². The summed E-state index contributed by atoms with van der Waals surface area (Å²) in [7, 11) is -2.13. The van der Waals surface area contributed by atoms with Crippen LogP contribution < -0.4 is 4.72 Å². The van der Waals surface area contributed by atoms with Crippen LogP contribution >= 0.6 is 0 Å². The predicted molar refractivity (Wildman–Crippen MR) is 112 cm³/mol. The lowest BCUT2D eigenvalue weighted by molar-refractivity contribution is 0.601. The van der Waals surface area contributed by atoms with E-state index in [1.165, 1.54) is 17.1 Å². The van der Waals surface area contributed by atoms with Gasteiger partial charge in [-0.05, 0) is 37.6 Å². The highest BCUT2D eigenvalue weighted by atomic mass is 32.2. The van der Waals surface area contributed by atoms with Gasteiger partial charge in [0.05, 0.1) is 41.3 Å². The summed E-state index contributed by atoms with van der Waals surface area (Å²) in [5.74, 6) is 0.422. The van der Waals surface area contributed by atoms with Crippen molar-refractivity contribution < 1.29 is 8.42 Å². The summed E-state index contributed by atoms with van der Waals surface area (Å²) >= 11 is 0. The molecule has 0 aliphatic rings. The lowest BCUT2D eigenvalue weighted by atomic mass is 9.87. The smallest absolute Gasteiger partial charge is 0.265 e. The van der Waals surface area contributed by atoms with E-state index in [1.807, 2.05) is 6.07 Å². The minimum atomic E-state index is -3.88. The second kappa shape index (κ2) is 6.96. The van der Waals surface area contributed by atoms with E-state index >= 15 is 0 Å². The molecule has 0 unspecified atom stereocenters. The molecule has 0 aliphatic heterocycles. The van der Waals surface area contributed by atoms with Crippen molar-refractivity contribution in [2.45, 2.75) is 24.2 Å². The summed E-state index contributed by atoms with van der Waals surface area (Å²) in [6.07, 6.45) is 5.89. The number of rotatable bonds is 5. The minimum absolute atomic E-state index is 0.00609. The van der Waals surface area contributed by atoms with E-state index in [1.54, 1.807) is 62.2 Å². The Morgan fingerprint density at radius 2 is 1.97 bits per heavy atom. The third-order valence-corrected chi connectivity index (χ3v) is 6.18. The van der Waals surface area contributed by atoms with Gasteiger partial charge in [-0.25, -0.2) is 18.1 Å². The number of sulfonamides is 1. The first-order valence-corrected chi connectivity index (χ1v) is 10.6. The van der Waals surface area contributed by atoms with Gasteiger partial charge in [-0.1, -0.05) is 12.1 Å². The number of anilines is 1. The van der Waals surface area contributed by atoms with E-state index in [0.717, 1.165) is 10.9 Å². The van der Waals surface area contributed by atoms with Crippen LogP contribution in [0.3, 0.4) is 0 Å². The van der Waals surface area contributed by atoms with Gasteiger partial charge in [-0.2, -0.15) is 15.5 Å². The summed E-state index contributed by atoms with van der Waals surface area (Å²) < 4.78 is 31.5. The first kappa shape index (κ1) is 19.6. The average Bonchev–Trinajstić information content (AvgIpc) is 3.36. The van der Waals surface area contributed by atoms with Gasteiger partial charge in [0, 0.05) is 18.6 Å². The summed E-state index contributed by atoms with van der Waals surface area (Å²) in [5.41, 5.74) is 1.16. The second-order valence-corrected chi connectivity index (χ2v) is 9.06. The number of hydrogen-bond donors (Lipinski definition) is 1. The van der Waals surface area contributed by atoms with Crippen molar-refractivity contribution >= 4 is 26.6 Å². The Hall–Kier alpha value is -3.71. The molecular weight excluding hydrogens is 402 g/mol. The van der Waals surface area contributed by atoms with E-state index in [2.05, 4.69) is 26.0 Å². The first-order valence-electron chi connectivity index (χ1n) is 9.08. The summed E-state index contributed by atoms with van der Waals surface area (Å²) in [6, 6.07) is 11.0. The number of pyridine rings is 1. The Bertz CT molecular complexity index is 1390. The van der Waals surface area contributed by atoms with Gasteiger partial charge < -0.3 is 0 Å². The fraction of sp³-hybridized carbons (Fsp3) is 0.200. The molecular formula is C20H19N7O2S. The van der Waals surface area contributed by atoms with Crippen LogP contribution in [0.2, 0.25) is 0 Å². The highest BCUT2D eigenvalue weighted by molar-refractivity contribution is 7.92. The van der Waals surface area contributed by atoms with Gasteiger partial charge in [0.15, 0.2) is 5.82 Å². The quantitative estimate of drug-likeness (QED) is 0.529. The van der Waals surface area contributed by atoms with Gasteiger partial charge >= 0.3 is 0 Å². The van der Waals surface area contributed by atoms with Crippen molar-refractivity contribution in [1.29, 1.82) is 5.26 Å². The molecule has 10 heteroatoms. The maximum atomic E-state index is 12.9. The molecule has 3 heterocycles. The molecule has 152 valence electrons. The van der Waals surface area contributed by atoms with Gasteiger partial charge in [0.1, 0.15) is 4.90 Å². The number of hydrogen-bond acceptors (Lipinski definition) is 6. The van der Waals surface area contributed by atoms with Gasteiger partial charge in [-0.15, -0.1) is 0 Å². The van der Waals surface area contributed by atoms with Gasteiger partial charge in [0.2, 0.25) is 0 Å². The average molecular weight is 421 g/mol. The van der Waals surface area contributed by atoms with Crippen molar-refractivity contribution in [2.75, 3.05) is 4.72 Å². The Balaban J connectivity index is 1.68. The maximum Gasteiger partial charge on any atom is 0.265 e. The van der Waals surface area contributed by atoms with Crippen molar-refractivity contribution in [3.8, 4) is 11.9 Å². The molecule has 30 heavy (non-hydrogen) atoms. The zero-order chi connectivity index (χ0) is 21.5. The summed E-state index contributed by atoms with van der Waals surface area (Å²) in [6.45, 7) is 3.60. The molecule has 4 rings (SSSR count). The Labute approximate surface area is 173 Å². The molecule has 1 aromatic carbocycles. The molecule has 0 spiro atoms. The topological polar surface area (TPSA) is 118 Å². The predicted octanol–water partition coefficient (Wildman–Crippen LogP) is 2.76. The molecule has 0 saturated heterocycles. The summed E-state index contributed by atoms with van der Waals surface area (Å²) in [4.78, 5) is 4.24. The maximum absolute atomic E-state index is 12.9. The zero-order valence-corrected chi connectivity index (χ0v) is 17.4. The van der Waals surface area contributed by atoms with Crippen LogP contribution in [0.4, 0.5) is 5.69 Å². The lowest BCUT2D eigenvalue weighted by Crippen LogP contribution is -2.15. The minimum Gasteiger partial charge on any atom is -0.277 e. The SMILES string of the molecule is Cn1ncc2cccc(NS(=O)(=O)c3cnn(-c4cc(C(C)(C)C#N)ccn4)c3)c21. The highest BCUT2D eigenvalue weighted by Gasteiger charge is 2.22. The fourth-order valence-electron chi connectivity index (χ4n) is 3.09. The van der Waals surface area contributed by atoms with Crippen molar-refractivity contribution in [3.05, 3.63) is 60.7 Å². The molecule has 0 aliphatic carbocycles. The fourth-order valence-corrected chi connectivity index (χ4v) is 4.08. The van der Waals surface area contributed by atoms with Crippen LogP contribution in [0.5, 0.6) is 0 Å². The summed E-state index contributed by atoms with van der Waals surface area (Å²) in [5, 5.41) is 18.5. The standard InChI is InChI=1S/C20H19N7O2S/c1-20(2,13-21)15-7-8-22-18(9-15)27-12-16(11-24-27)30(28,29)25-17-6-4-5-14-10-23-26(3)19(14)17/h4-12,25H,1-3H3. The molecule has 3 aromatic heterocycles. The number of aryl methyl sites for hydroxylation is 1. The zero-order valence-electron chi connectivity index (χ0n) is 16.6. The van der Waals surface area contributed by atoms with Crippen molar-refractivity contribution in [1.82, 2.24) is 24.5 Å². The normalized spacial score (nSPS) is 12.1. The van der Waals surface area contributed by atoms with Crippen LogP contribution in [-0.4, -0.2) is 33.0 Å². The van der Waals surface area contributed by atoms with E-state index in [9.17, 15) is 13.7 Å². The molecule has 0 amide bonds. The number of benzene rings is 1. The Morgan fingerprint density at radius 1 is 1.17 bits per heavy atom. The Morgan fingerprint density at radius 3 is 2.73 bits per heavy atom. The molecule has 9 nitrogen and oxygen atoms in total. The third-order valence-electron chi connectivity index (χ3n) is 4.86. The molecule has 0 radical (unpaired) electrons. The largest absolute Gasteiger partial charge is 0.277 e. The molecule has 1 N–H and O–H groups in total. The van der Waals surface area contributed by atoms with E-state index in [4.69, 9.17) is 0 Å². The lowest BCUT2D eigenvalue weighted by Gasteiger charge is -2.16. The van der Waals surface area contributed by atoms with Crippen LogP contribution in [0, 0.1) is 11.3 Å². The van der Waals surface area contributed by atoms with Crippen molar-refractivity contribution in [2.24, 2.45) is 7.05 Å². The monoisotopic (exact) mass is 421 g/mol. The number of nitrogens with one attached hydrogen (secondary N) is 1. The molecule has 0 bridgehead atoms. The first-order chi connectivity index (χ1) is 14.2. The number of nitriles is 1. The third kappa shape index (κ3) is 3.40. The van der Waals surface area contributed by atoms with E-state index in [-0.39, 0.29) is 4.90 Å². The van der Waals surface area contributed by atoms with Gasteiger partial charge in [-0.3, -0.25) is 9.40 Å². The number of para-hydroxylation sites is 1. The second-order valence-electron chi connectivity index (χ2n) is 7.38. The number of fused-ring (bicyclic) bond motifs is 1. The van der Waals surface area contributed by atoms with Crippen LogP contribution in [0.15, 0.2) is 60.0 Å². The molecule has 0 atom stereocenters. The van der Waals surface area contributed by atoms with E-state index < -0.39 is 15.4 Å². The van der Waals surface area contributed by atoms with Crippen LogP contribution in [0.1, 0.15) is 19.4 Å². The highest BCUT2D eigenvalue weighted by Crippen LogP contribution is 2.26. The Kier molecular flexibility index (Phi) is 4.55. The molecule has 4 aromatic rings. The van der Waals surface area contributed by atoms with Crippen molar-refractivity contribution in [3.63, 3.8) is 0 Å². The van der Waals surface area contributed by atoms with Gasteiger partial charge in [0.25, 0.3) is 10.0 Å². The van der Waals surface area contributed by atoms with E-state index in [0.29, 0.717) is 17.0 Å². The molecule has 0 saturated carbocycles. The van der Waals surface area contributed by atoms with Crippen LogP contribution in [-0.2, 0) is 22.5 Å². The molecule has 0 fully saturated rings. The number of nitrogens with zero attached hydrogens (tertiary/aromatic N) is 6.